The van der Waals surface area contributed by atoms with E-state index in [1.807, 2.05) is 0 Å². The topological polar surface area (TPSA) is 84.0 Å². The third-order valence-corrected chi connectivity index (χ3v) is 4.62. The number of halogens is 4. The van der Waals surface area contributed by atoms with Crippen molar-refractivity contribution in [3.8, 4) is 0 Å². The molecule has 0 saturated carbocycles. The first-order valence-corrected chi connectivity index (χ1v) is 8.50. The van der Waals surface area contributed by atoms with Crippen LogP contribution < -0.4 is 10.6 Å². The van der Waals surface area contributed by atoms with Crippen LogP contribution in [0, 0.1) is 17.5 Å². The number of nitrogens with one attached hydrogen (secondary N) is 2. The SMILES string of the molecule is O=C(CCl)Nc1nnc(SCC(=O)Nc2ccc(F)c(F)c2F)s1. The van der Waals surface area contributed by atoms with Gasteiger partial charge in [-0.05, 0) is 12.1 Å². The highest BCUT2D eigenvalue weighted by molar-refractivity contribution is 8.01. The standard InChI is InChI=1S/C12H8ClF3N4O2S2/c13-3-7(21)18-11-19-20-12(24-11)23-4-8(22)17-6-2-1-5(14)9(15)10(6)16/h1-2H,3-4H2,(H,17,22)(H,18,19,21). The minimum atomic E-state index is -1.66. The Morgan fingerprint density at radius 1 is 1.12 bits per heavy atom. The fraction of sp³-hybridized carbons (Fsp3) is 0.167. The fourth-order valence-electron chi connectivity index (χ4n) is 1.41. The highest BCUT2D eigenvalue weighted by atomic mass is 35.5. The van der Waals surface area contributed by atoms with Gasteiger partial charge in [0.25, 0.3) is 0 Å². The number of hydrogen-bond donors (Lipinski definition) is 2. The Balaban J connectivity index is 1.90. The van der Waals surface area contributed by atoms with Crippen molar-refractivity contribution in [1.29, 1.82) is 0 Å². The Morgan fingerprint density at radius 2 is 1.88 bits per heavy atom. The van der Waals surface area contributed by atoms with Crippen LogP contribution in [0.5, 0.6) is 0 Å². The van der Waals surface area contributed by atoms with Crippen molar-refractivity contribution in [2.24, 2.45) is 0 Å². The highest BCUT2D eigenvalue weighted by Crippen LogP contribution is 2.26. The Kier molecular flexibility index (Phi) is 6.40. The van der Waals surface area contributed by atoms with E-state index >= 15 is 0 Å². The summed E-state index contributed by atoms with van der Waals surface area (Å²) in [5.74, 6) is -5.98. The first-order valence-electron chi connectivity index (χ1n) is 6.16. The van der Waals surface area contributed by atoms with Gasteiger partial charge in [0.2, 0.25) is 16.9 Å². The van der Waals surface area contributed by atoms with Crippen LogP contribution >= 0.6 is 34.7 Å². The number of amides is 2. The molecule has 2 N–H and O–H groups in total. The van der Waals surface area contributed by atoms with E-state index in [4.69, 9.17) is 11.6 Å². The monoisotopic (exact) mass is 396 g/mol. The molecule has 0 aliphatic rings. The molecule has 2 rings (SSSR count). The van der Waals surface area contributed by atoms with Gasteiger partial charge in [-0.3, -0.25) is 14.9 Å². The van der Waals surface area contributed by atoms with E-state index < -0.39 is 35.0 Å². The number of aromatic nitrogens is 2. The molecule has 0 bridgehead atoms. The summed E-state index contributed by atoms with van der Waals surface area (Å²) in [4.78, 5) is 22.8. The number of anilines is 2. The minimum Gasteiger partial charge on any atom is -0.323 e. The molecule has 0 fully saturated rings. The van der Waals surface area contributed by atoms with Crippen molar-refractivity contribution in [2.75, 3.05) is 22.3 Å². The van der Waals surface area contributed by atoms with Gasteiger partial charge in [-0.15, -0.1) is 21.8 Å². The predicted molar refractivity (Wildman–Crippen MR) is 84.9 cm³/mol. The number of carbonyl (C=O) groups is 2. The first-order chi connectivity index (χ1) is 11.4. The van der Waals surface area contributed by atoms with Gasteiger partial charge in [-0.2, -0.15) is 0 Å². The molecule has 1 heterocycles. The molecule has 2 amide bonds. The smallest absolute Gasteiger partial charge is 0.241 e. The molecule has 1 aromatic carbocycles. The van der Waals surface area contributed by atoms with E-state index in [1.165, 1.54) is 0 Å². The van der Waals surface area contributed by atoms with Crippen LogP contribution in [0.25, 0.3) is 0 Å². The van der Waals surface area contributed by atoms with Gasteiger partial charge in [0, 0.05) is 0 Å². The summed E-state index contributed by atoms with van der Waals surface area (Å²) in [5, 5.41) is 12.1. The summed E-state index contributed by atoms with van der Waals surface area (Å²) < 4.78 is 39.7. The van der Waals surface area contributed by atoms with Crippen LogP contribution in [-0.2, 0) is 9.59 Å². The second-order valence-corrected chi connectivity index (χ2v) is 6.58. The van der Waals surface area contributed by atoms with Crippen molar-refractivity contribution in [3.05, 3.63) is 29.6 Å². The van der Waals surface area contributed by atoms with E-state index in [9.17, 15) is 22.8 Å². The molecule has 6 nitrogen and oxygen atoms in total. The molecule has 0 radical (unpaired) electrons. The Labute approximate surface area is 146 Å². The third kappa shape index (κ3) is 4.82. The fourth-order valence-corrected chi connectivity index (χ4v) is 3.04. The molecule has 0 saturated heterocycles. The number of nitrogens with zero attached hydrogens (tertiary/aromatic N) is 2. The number of carbonyl (C=O) groups excluding carboxylic acids is 2. The average molecular weight is 397 g/mol. The van der Waals surface area contributed by atoms with Crippen molar-refractivity contribution >= 4 is 57.3 Å². The number of hydrogen-bond acceptors (Lipinski definition) is 6. The molecule has 0 unspecified atom stereocenters. The van der Waals surface area contributed by atoms with Crippen LogP contribution in [0.4, 0.5) is 24.0 Å². The van der Waals surface area contributed by atoms with Crippen molar-refractivity contribution < 1.29 is 22.8 Å². The van der Waals surface area contributed by atoms with Gasteiger partial charge >= 0.3 is 0 Å². The molecule has 0 aliphatic heterocycles. The van der Waals surface area contributed by atoms with E-state index in [0.29, 0.717) is 10.4 Å². The van der Waals surface area contributed by atoms with E-state index in [-0.39, 0.29) is 16.8 Å². The summed E-state index contributed by atoms with van der Waals surface area (Å²) in [6.45, 7) is 0. The van der Waals surface area contributed by atoms with Crippen molar-refractivity contribution in [1.82, 2.24) is 10.2 Å². The Bertz CT molecular complexity index is 775. The van der Waals surface area contributed by atoms with Gasteiger partial charge in [-0.1, -0.05) is 23.1 Å². The lowest BCUT2D eigenvalue weighted by atomic mass is 10.3. The molecular weight excluding hydrogens is 389 g/mol. The molecule has 12 heteroatoms. The van der Waals surface area contributed by atoms with Crippen LogP contribution in [0.15, 0.2) is 16.5 Å². The number of thioether (sulfide) groups is 1. The molecular formula is C12H8ClF3N4O2S2. The lowest BCUT2D eigenvalue weighted by Gasteiger charge is -2.06. The summed E-state index contributed by atoms with van der Waals surface area (Å²) in [6.07, 6.45) is 0. The lowest BCUT2D eigenvalue weighted by Crippen LogP contribution is -2.15. The number of alkyl halides is 1. The minimum absolute atomic E-state index is 0.170. The van der Waals surface area contributed by atoms with Crippen LogP contribution in [-0.4, -0.2) is 33.6 Å². The largest absolute Gasteiger partial charge is 0.323 e. The maximum Gasteiger partial charge on any atom is 0.241 e. The molecule has 0 aliphatic carbocycles. The highest BCUT2D eigenvalue weighted by Gasteiger charge is 2.16. The molecule has 2 aromatic rings. The number of benzene rings is 1. The molecule has 1 aromatic heterocycles. The van der Waals surface area contributed by atoms with Gasteiger partial charge < -0.3 is 5.32 Å². The van der Waals surface area contributed by atoms with Crippen LogP contribution in [0.3, 0.4) is 0 Å². The van der Waals surface area contributed by atoms with Crippen LogP contribution in [0.2, 0.25) is 0 Å². The van der Waals surface area contributed by atoms with Crippen molar-refractivity contribution in [3.63, 3.8) is 0 Å². The summed E-state index contributed by atoms with van der Waals surface area (Å²) in [6, 6.07) is 1.62. The lowest BCUT2D eigenvalue weighted by molar-refractivity contribution is -0.114. The van der Waals surface area contributed by atoms with Crippen LogP contribution in [0.1, 0.15) is 0 Å². The third-order valence-electron chi connectivity index (χ3n) is 2.41. The Hall–Kier alpha value is -1.85. The number of rotatable bonds is 6. The van der Waals surface area contributed by atoms with E-state index in [0.717, 1.165) is 29.2 Å². The van der Waals surface area contributed by atoms with E-state index in [1.54, 1.807) is 0 Å². The predicted octanol–water partition coefficient (Wildman–Crippen LogP) is 2.86. The first kappa shape index (κ1) is 18.5. The van der Waals surface area contributed by atoms with Gasteiger partial charge in [-0.25, -0.2) is 13.2 Å². The second kappa shape index (κ2) is 8.31. The average Bonchev–Trinajstić information content (AvgIpc) is 3.01. The zero-order valence-corrected chi connectivity index (χ0v) is 14.0. The zero-order valence-electron chi connectivity index (χ0n) is 11.6. The van der Waals surface area contributed by atoms with Gasteiger partial charge in [0.15, 0.2) is 21.8 Å². The van der Waals surface area contributed by atoms with E-state index in [2.05, 4.69) is 20.8 Å². The maximum absolute atomic E-state index is 13.4. The quantitative estimate of drug-likeness (QED) is 0.339. The van der Waals surface area contributed by atoms with Crippen molar-refractivity contribution in [2.45, 2.75) is 4.34 Å². The second-order valence-electron chi connectivity index (χ2n) is 4.11. The van der Waals surface area contributed by atoms with Gasteiger partial charge in [0.1, 0.15) is 5.88 Å². The maximum atomic E-state index is 13.4. The molecule has 128 valence electrons. The van der Waals surface area contributed by atoms with Gasteiger partial charge in [0.05, 0.1) is 11.4 Å². The summed E-state index contributed by atoms with van der Waals surface area (Å²) in [7, 11) is 0. The normalized spacial score (nSPS) is 10.5. The zero-order chi connectivity index (χ0) is 17.7. The Morgan fingerprint density at radius 3 is 2.58 bits per heavy atom. The summed E-state index contributed by atoms with van der Waals surface area (Å²) >= 11 is 7.32. The molecule has 0 atom stereocenters. The summed E-state index contributed by atoms with van der Waals surface area (Å²) in [5.41, 5.74) is -0.466. The molecule has 0 spiro atoms. The molecule has 24 heavy (non-hydrogen) atoms.